The lowest BCUT2D eigenvalue weighted by molar-refractivity contribution is 0.208. The van der Waals surface area contributed by atoms with Crippen LogP contribution in [-0.2, 0) is 6.42 Å². The molecule has 1 N–H and O–H groups in total. The minimum absolute atomic E-state index is 0.181. The van der Waals surface area contributed by atoms with Crippen LogP contribution in [0.3, 0.4) is 0 Å². The first-order valence-corrected chi connectivity index (χ1v) is 7.64. The molecule has 0 aliphatic carbocycles. The summed E-state index contributed by atoms with van der Waals surface area (Å²) >= 11 is 0. The summed E-state index contributed by atoms with van der Waals surface area (Å²) in [6.07, 6.45) is 1.95. The van der Waals surface area contributed by atoms with Crippen LogP contribution in [0.5, 0.6) is 0 Å². The number of hydrogen-bond acceptors (Lipinski definition) is 5. The number of para-hydroxylation sites is 1. The topological polar surface area (TPSA) is 54.2 Å². The van der Waals surface area contributed by atoms with Crippen LogP contribution in [0.4, 0.5) is 5.69 Å². The number of nitrogens with zero attached hydrogens (tertiary/aromatic N) is 3. The number of rotatable bonds is 5. The lowest BCUT2D eigenvalue weighted by Gasteiger charge is -2.21. The van der Waals surface area contributed by atoms with E-state index in [0.717, 1.165) is 37.6 Å². The molecule has 112 valence electrons. The molecule has 0 amide bonds. The van der Waals surface area contributed by atoms with E-state index in [1.807, 2.05) is 13.0 Å². The third-order valence-electron chi connectivity index (χ3n) is 4.07. The van der Waals surface area contributed by atoms with Crippen molar-refractivity contribution in [3.8, 4) is 0 Å². The molecule has 2 atom stereocenters. The van der Waals surface area contributed by atoms with Gasteiger partial charge in [-0.25, -0.2) is 0 Å². The van der Waals surface area contributed by atoms with Gasteiger partial charge in [0.05, 0.1) is 6.04 Å². The van der Waals surface area contributed by atoms with E-state index >= 15 is 0 Å². The summed E-state index contributed by atoms with van der Waals surface area (Å²) in [5, 5.41) is 7.57. The number of aryl methyl sites for hydroxylation is 1. The van der Waals surface area contributed by atoms with Crippen molar-refractivity contribution in [2.45, 2.75) is 38.8 Å². The molecule has 1 aliphatic heterocycles. The van der Waals surface area contributed by atoms with Crippen molar-refractivity contribution in [3.63, 3.8) is 0 Å². The highest BCUT2D eigenvalue weighted by Crippen LogP contribution is 2.25. The van der Waals surface area contributed by atoms with Gasteiger partial charge in [0.15, 0.2) is 5.82 Å². The molecule has 0 radical (unpaired) electrons. The van der Waals surface area contributed by atoms with E-state index in [-0.39, 0.29) is 6.04 Å². The van der Waals surface area contributed by atoms with Crippen LogP contribution in [0, 0.1) is 0 Å². The first-order valence-electron chi connectivity index (χ1n) is 7.64. The Morgan fingerprint density at radius 1 is 1.38 bits per heavy atom. The summed E-state index contributed by atoms with van der Waals surface area (Å²) < 4.78 is 5.36. The van der Waals surface area contributed by atoms with Crippen molar-refractivity contribution in [1.82, 2.24) is 15.0 Å². The molecule has 0 unspecified atom stereocenters. The molecular formula is C16H22N4O. The van der Waals surface area contributed by atoms with Gasteiger partial charge in [-0.05, 0) is 25.5 Å². The van der Waals surface area contributed by atoms with Gasteiger partial charge in [0, 0.05) is 31.2 Å². The zero-order valence-electron chi connectivity index (χ0n) is 12.6. The SMILES string of the molecule is CCc1noc([C@H](C)N2CC[C@H](Nc3ccccc3)C2)n1. The summed E-state index contributed by atoms with van der Waals surface area (Å²) in [6, 6.07) is 11.0. The molecule has 5 nitrogen and oxygen atoms in total. The van der Waals surface area contributed by atoms with Crippen molar-refractivity contribution < 1.29 is 4.52 Å². The Kier molecular flexibility index (Phi) is 4.20. The highest BCUT2D eigenvalue weighted by atomic mass is 16.5. The molecule has 21 heavy (non-hydrogen) atoms. The Morgan fingerprint density at radius 2 is 2.19 bits per heavy atom. The molecule has 0 bridgehead atoms. The smallest absolute Gasteiger partial charge is 0.243 e. The quantitative estimate of drug-likeness (QED) is 0.916. The summed E-state index contributed by atoms with van der Waals surface area (Å²) in [6.45, 7) is 6.22. The summed E-state index contributed by atoms with van der Waals surface area (Å²) in [5.41, 5.74) is 1.18. The monoisotopic (exact) mass is 286 g/mol. The first kappa shape index (κ1) is 14.1. The van der Waals surface area contributed by atoms with E-state index in [4.69, 9.17) is 4.52 Å². The normalized spacial score (nSPS) is 20.6. The minimum atomic E-state index is 0.181. The molecular weight excluding hydrogens is 264 g/mol. The van der Waals surface area contributed by atoms with Gasteiger partial charge in [0.2, 0.25) is 5.89 Å². The molecule has 5 heteroatoms. The number of likely N-dealkylation sites (tertiary alicyclic amines) is 1. The van der Waals surface area contributed by atoms with Crippen LogP contribution in [0.1, 0.15) is 38.0 Å². The number of hydrogen-bond donors (Lipinski definition) is 1. The van der Waals surface area contributed by atoms with E-state index in [9.17, 15) is 0 Å². The van der Waals surface area contributed by atoms with Crippen LogP contribution < -0.4 is 5.32 Å². The van der Waals surface area contributed by atoms with E-state index in [2.05, 4.69) is 51.5 Å². The van der Waals surface area contributed by atoms with Crippen molar-refractivity contribution in [2.75, 3.05) is 18.4 Å². The van der Waals surface area contributed by atoms with Crippen LogP contribution in [0.2, 0.25) is 0 Å². The zero-order chi connectivity index (χ0) is 14.7. The Morgan fingerprint density at radius 3 is 2.90 bits per heavy atom. The number of benzene rings is 1. The maximum absolute atomic E-state index is 5.36. The highest BCUT2D eigenvalue weighted by Gasteiger charge is 2.29. The maximum atomic E-state index is 5.36. The van der Waals surface area contributed by atoms with Gasteiger partial charge in [-0.1, -0.05) is 30.3 Å². The molecule has 0 saturated carbocycles. The fourth-order valence-electron chi connectivity index (χ4n) is 2.76. The van der Waals surface area contributed by atoms with Crippen molar-refractivity contribution in [3.05, 3.63) is 42.0 Å². The molecule has 1 fully saturated rings. The molecule has 1 aliphatic rings. The molecule has 1 aromatic carbocycles. The Bertz CT molecular complexity index is 569. The fourth-order valence-corrected chi connectivity index (χ4v) is 2.76. The van der Waals surface area contributed by atoms with Crippen LogP contribution in [-0.4, -0.2) is 34.2 Å². The molecule has 3 rings (SSSR count). The van der Waals surface area contributed by atoms with E-state index in [0.29, 0.717) is 6.04 Å². The first-order chi connectivity index (χ1) is 10.3. The number of anilines is 1. The average Bonchev–Trinajstić information content (AvgIpc) is 3.16. The Labute approximate surface area is 125 Å². The maximum Gasteiger partial charge on any atom is 0.243 e. The largest absolute Gasteiger partial charge is 0.381 e. The summed E-state index contributed by atoms with van der Waals surface area (Å²) in [4.78, 5) is 6.84. The zero-order valence-corrected chi connectivity index (χ0v) is 12.6. The minimum Gasteiger partial charge on any atom is -0.381 e. The van der Waals surface area contributed by atoms with E-state index in [1.165, 1.54) is 5.69 Å². The van der Waals surface area contributed by atoms with Gasteiger partial charge in [0.1, 0.15) is 0 Å². The summed E-state index contributed by atoms with van der Waals surface area (Å²) in [5.74, 6) is 1.52. The molecule has 0 spiro atoms. The summed E-state index contributed by atoms with van der Waals surface area (Å²) in [7, 11) is 0. The average molecular weight is 286 g/mol. The lowest BCUT2D eigenvalue weighted by Crippen LogP contribution is -2.28. The molecule has 1 aromatic heterocycles. The molecule has 2 heterocycles. The van der Waals surface area contributed by atoms with Gasteiger partial charge in [-0.15, -0.1) is 0 Å². The van der Waals surface area contributed by atoms with Crippen molar-refractivity contribution >= 4 is 5.69 Å². The van der Waals surface area contributed by atoms with Gasteiger partial charge in [0.25, 0.3) is 0 Å². The second-order valence-electron chi connectivity index (χ2n) is 5.57. The van der Waals surface area contributed by atoms with Gasteiger partial charge >= 0.3 is 0 Å². The van der Waals surface area contributed by atoms with Crippen molar-refractivity contribution in [1.29, 1.82) is 0 Å². The molecule has 2 aromatic rings. The predicted octanol–water partition coefficient (Wildman–Crippen LogP) is 2.88. The number of nitrogens with one attached hydrogen (secondary N) is 1. The lowest BCUT2D eigenvalue weighted by atomic mass is 10.2. The second kappa shape index (κ2) is 6.26. The Balaban J connectivity index is 1.58. The highest BCUT2D eigenvalue weighted by molar-refractivity contribution is 5.43. The van der Waals surface area contributed by atoms with Crippen LogP contribution >= 0.6 is 0 Å². The molecule has 1 saturated heterocycles. The van der Waals surface area contributed by atoms with E-state index in [1.54, 1.807) is 0 Å². The third kappa shape index (κ3) is 3.24. The fraction of sp³-hybridized carbons (Fsp3) is 0.500. The third-order valence-corrected chi connectivity index (χ3v) is 4.07. The van der Waals surface area contributed by atoms with Crippen molar-refractivity contribution in [2.24, 2.45) is 0 Å². The second-order valence-corrected chi connectivity index (χ2v) is 5.57. The van der Waals surface area contributed by atoms with Crippen LogP contribution in [0.25, 0.3) is 0 Å². The van der Waals surface area contributed by atoms with Gasteiger partial charge in [-0.3, -0.25) is 4.90 Å². The van der Waals surface area contributed by atoms with Gasteiger partial charge in [-0.2, -0.15) is 4.98 Å². The Hall–Kier alpha value is -1.88. The van der Waals surface area contributed by atoms with Gasteiger partial charge < -0.3 is 9.84 Å². The predicted molar refractivity (Wildman–Crippen MR) is 82.1 cm³/mol. The van der Waals surface area contributed by atoms with Crippen LogP contribution in [0.15, 0.2) is 34.9 Å². The standard InChI is InChI=1S/C16H22N4O/c1-3-15-18-16(21-19-15)12(2)20-10-9-14(11-20)17-13-7-5-4-6-8-13/h4-8,12,14,17H,3,9-11H2,1-2H3/t12-,14-/m0/s1. The van der Waals surface area contributed by atoms with E-state index < -0.39 is 0 Å². The number of aromatic nitrogens is 2.